The second-order valence-corrected chi connectivity index (χ2v) is 3.49. The quantitative estimate of drug-likeness (QED) is 0.404. The summed E-state index contributed by atoms with van der Waals surface area (Å²) in [4.78, 5) is 32.4. The summed E-state index contributed by atoms with van der Waals surface area (Å²) in [6, 6.07) is -1.14. The molecule has 0 aromatic rings. The zero-order valence-corrected chi connectivity index (χ0v) is 9.73. The van der Waals surface area contributed by atoms with E-state index in [1.807, 2.05) is 6.92 Å². The average Bonchev–Trinajstić information content (AvgIpc) is 2.23. The molecule has 0 saturated heterocycles. The highest BCUT2D eigenvalue weighted by Crippen LogP contribution is 1.98. The maximum absolute atomic E-state index is 11.3. The first kappa shape index (κ1) is 15.4. The Labute approximate surface area is 99.2 Å². The van der Waals surface area contributed by atoms with Crippen molar-refractivity contribution in [2.24, 2.45) is 0 Å². The SMILES string of the molecule is CCNCCC(=O)N[C@@H](CCC(=O)O)C(=O)O. The highest BCUT2D eigenvalue weighted by Gasteiger charge is 2.20. The molecule has 7 heteroatoms. The third-order valence-electron chi connectivity index (χ3n) is 2.06. The number of carbonyl (C=O) groups excluding carboxylic acids is 1. The van der Waals surface area contributed by atoms with Gasteiger partial charge in [-0.1, -0.05) is 6.92 Å². The van der Waals surface area contributed by atoms with Gasteiger partial charge in [0.1, 0.15) is 6.04 Å². The molecule has 7 nitrogen and oxygen atoms in total. The van der Waals surface area contributed by atoms with Crippen molar-refractivity contribution < 1.29 is 24.6 Å². The molecule has 0 spiro atoms. The Hall–Kier alpha value is -1.63. The second kappa shape index (κ2) is 8.51. The Morgan fingerprint density at radius 3 is 2.29 bits per heavy atom. The van der Waals surface area contributed by atoms with Gasteiger partial charge in [-0.2, -0.15) is 0 Å². The van der Waals surface area contributed by atoms with Crippen LogP contribution in [0.5, 0.6) is 0 Å². The van der Waals surface area contributed by atoms with Gasteiger partial charge in [0.05, 0.1) is 0 Å². The number of aliphatic carboxylic acids is 2. The van der Waals surface area contributed by atoms with Gasteiger partial charge in [-0.05, 0) is 13.0 Å². The number of nitrogens with one attached hydrogen (secondary N) is 2. The van der Waals surface area contributed by atoms with Crippen molar-refractivity contribution in [3.8, 4) is 0 Å². The average molecular weight is 246 g/mol. The van der Waals surface area contributed by atoms with Crippen LogP contribution in [0.15, 0.2) is 0 Å². The third-order valence-corrected chi connectivity index (χ3v) is 2.06. The first-order chi connectivity index (χ1) is 7.97. The fourth-order valence-corrected chi connectivity index (χ4v) is 1.17. The van der Waals surface area contributed by atoms with Crippen LogP contribution in [0.1, 0.15) is 26.2 Å². The predicted octanol–water partition coefficient (Wildman–Crippen LogP) is -0.580. The van der Waals surface area contributed by atoms with Gasteiger partial charge in [0.2, 0.25) is 5.91 Å². The normalized spacial score (nSPS) is 11.8. The molecule has 0 rings (SSSR count). The van der Waals surface area contributed by atoms with Gasteiger partial charge in [0, 0.05) is 19.4 Å². The Balaban J connectivity index is 4.02. The fraction of sp³-hybridized carbons (Fsp3) is 0.700. The molecule has 17 heavy (non-hydrogen) atoms. The maximum Gasteiger partial charge on any atom is 0.326 e. The van der Waals surface area contributed by atoms with Gasteiger partial charge in [0.25, 0.3) is 0 Å². The molecule has 0 heterocycles. The minimum Gasteiger partial charge on any atom is -0.481 e. The van der Waals surface area contributed by atoms with Crippen molar-refractivity contribution in [3.05, 3.63) is 0 Å². The van der Waals surface area contributed by atoms with Crippen molar-refractivity contribution >= 4 is 17.8 Å². The Kier molecular flexibility index (Phi) is 7.70. The van der Waals surface area contributed by atoms with Crippen molar-refractivity contribution in [2.75, 3.05) is 13.1 Å². The van der Waals surface area contributed by atoms with E-state index in [0.29, 0.717) is 6.54 Å². The molecule has 0 saturated carbocycles. The van der Waals surface area contributed by atoms with E-state index in [4.69, 9.17) is 10.2 Å². The van der Waals surface area contributed by atoms with Crippen LogP contribution < -0.4 is 10.6 Å². The van der Waals surface area contributed by atoms with E-state index >= 15 is 0 Å². The predicted molar refractivity (Wildman–Crippen MR) is 59.6 cm³/mol. The van der Waals surface area contributed by atoms with Gasteiger partial charge < -0.3 is 20.8 Å². The number of carboxylic acids is 2. The summed E-state index contributed by atoms with van der Waals surface area (Å²) in [5.41, 5.74) is 0. The zero-order chi connectivity index (χ0) is 13.3. The van der Waals surface area contributed by atoms with E-state index in [9.17, 15) is 14.4 Å². The molecule has 0 aliphatic heterocycles. The first-order valence-electron chi connectivity index (χ1n) is 5.42. The van der Waals surface area contributed by atoms with Crippen LogP contribution in [0, 0.1) is 0 Å². The van der Waals surface area contributed by atoms with Crippen LogP contribution in [0.25, 0.3) is 0 Å². The van der Waals surface area contributed by atoms with E-state index in [0.717, 1.165) is 6.54 Å². The van der Waals surface area contributed by atoms with Crippen LogP contribution in [-0.4, -0.2) is 47.2 Å². The molecule has 0 unspecified atom stereocenters. The molecule has 4 N–H and O–H groups in total. The fourth-order valence-electron chi connectivity index (χ4n) is 1.17. The van der Waals surface area contributed by atoms with Gasteiger partial charge >= 0.3 is 11.9 Å². The molecule has 0 aliphatic rings. The minimum atomic E-state index is -1.22. The summed E-state index contributed by atoms with van der Waals surface area (Å²) in [5.74, 6) is -2.70. The summed E-state index contributed by atoms with van der Waals surface area (Å²) in [5, 5.41) is 22.4. The van der Waals surface area contributed by atoms with E-state index in [-0.39, 0.29) is 19.3 Å². The number of rotatable bonds is 9. The highest BCUT2D eigenvalue weighted by molar-refractivity contribution is 5.84. The first-order valence-corrected chi connectivity index (χ1v) is 5.42. The topological polar surface area (TPSA) is 116 Å². The van der Waals surface area contributed by atoms with Gasteiger partial charge in [-0.3, -0.25) is 9.59 Å². The summed E-state index contributed by atoms with van der Waals surface area (Å²) in [7, 11) is 0. The summed E-state index contributed by atoms with van der Waals surface area (Å²) >= 11 is 0. The summed E-state index contributed by atoms with van der Waals surface area (Å²) in [6.07, 6.45) is -0.229. The minimum absolute atomic E-state index is 0.113. The lowest BCUT2D eigenvalue weighted by Gasteiger charge is -2.13. The van der Waals surface area contributed by atoms with Crippen molar-refractivity contribution in [3.63, 3.8) is 0 Å². The second-order valence-electron chi connectivity index (χ2n) is 3.49. The van der Waals surface area contributed by atoms with Crippen LogP contribution in [0.2, 0.25) is 0 Å². The molecular weight excluding hydrogens is 228 g/mol. The number of carbonyl (C=O) groups is 3. The number of amides is 1. The zero-order valence-electron chi connectivity index (χ0n) is 9.73. The lowest BCUT2D eigenvalue weighted by atomic mass is 10.1. The molecular formula is C10H18N2O5. The molecule has 0 radical (unpaired) electrons. The van der Waals surface area contributed by atoms with Crippen LogP contribution in [0.3, 0.4) is 0 Å². The number of carboxylic acid groups (broad SMARTS) is 2. The lowest BCUT2D eigenvalue weighted by Crippen LogP contribution is -2.41. The lowest BCUT2D eigenvalue weighted by molar-refractivity contribution is -0.143. The Morgan fingerprint density at radius 1 is 1.18 bits per heavy atom. The Bertz CT molecular complexity index is 280. The van der Waals surface area contributed by atoms with Gasteiger partial charge in [-0.15, -0.1) is 0 Å². The van der Waals surface area contributed by atoms with E-state index in [2.05, 4.69) is 10.6 Å². The van der Waals surface area contributed by atoms with Crippen molar-refractivity contribution in [1.29, 1.82) is 0 Å². The van der Waals surface area contributed by atoms with E-state index in [1.165, 1.54) is 0 Å². The molecule has 1 amide bonds. The molecule has 0 aromatic carbocycles. The number of hydrogen-bond donors (Lipinski definition) is 4. The van der Waals surface area contributed by atoms with Crippen LogP contribution in [-0.2, 0) is 14.4 Å². The smallest absolute Gasteiger partial charge is 0.326 e. The van der Waals surface area contributed by atoms with Gasteiger partial charge in [-0.25, -0.2) is 4.79 Å². The Morgan fingerprint density at radius 2 is 1.82 bits per heavy atom. The standard InChI is InChI=1S/C10H18N2O5/c1-2-11-6-5-8(13)12-7(10(16)17)3-4-9(14)15/h7,11H,2-6H2,1H3,(H,12,13)(H,14,15)(H,16,17)/t7-/m0/s1. The summed E-state index contributed by atoms with van der Waals surface area (Å²) < 4.78 is 0. The molecule has 1 atom stereocenters. The molecule has 0 aromatic heterocycles. The highest BCUT2D eigenvalue weighted by atomic mass is 16.4. The molecule has 0 fully saturated rings. The van der Waals surface area contributed by atoms with Crippen molar-refractivity contribution in [2.45, 2.75) is 32.2 Å². The molecule has 0 aliphatic carbocycles. The molecule has 0 bridgehead atoms. The monoisotopic (exact) mass is 246 g/mol. The molecule has 98 valence electrons. The largest absolute Gasteiger partial charge is 0.481 e. The van der Waals surface area contributed by atoms with Crippen molar-refractivity contribution in [1.82, 2.24) is 10.6 Å². The maximum atomic E-state index is 11.3. The van der Waals surface area contributed by atoms with Crippen LogP contribution in [0.4, 0.5) is 0 Å². The van der Waals surface area contributed by atoms with Crippen LogP contribution >= 0.6 is 0 Å². The number of hydrogen-bond acceptors (Lipinski definition) is 4. The van der Waals surface area contributed by atoms with E-state index in [1.54, 1.807) is 0 Å². The van der Waals surface area contributed by atoms with Gasteiger partial charge in [0.15, 0.2) is 0 Å². The van der Waals surface area contributed by atoms with E-state index < -0.39 is 23.9 Å². The summed E-state index contributed by atoms with van der Waals surface area (Å²) in [6.45, 7) is 3.09. The third kappa shape index (κ3) is 8.21.